The largest absolute Gasteiger partial charge is 0.416 e. The van der Waals surface area contributed by atoms with Gasteiger partial charge >= 0.3 is 6.18 Å². The van der Waals surface area contributed by atoms with Gasteiger partial charge in [-0.25, -0.2) is 0 Å². The van der Waals surface area contributed by atoms with Crippen LogP contribution in [-0.2, 0) is 6.18 Å². The lowest BCUT2D eigenvalue weighted by Gasteiger charge is -2.15. The normalized spacial score (nSPS) is 13.9. The van der Waals surface area contributed by atoms with Crippen LogP contribution in [0.2, 0.25) is 5.02 Å². The Labute approximate surface area is 95.8 Å². The lowest BCUT2D eigenvalue weighted by molar-refractivity contribution is -0.137. The first-order valence-electron chi connectivity index (χ1n) is 4.59. The Balaban J connectivity index is 3.09. The van der Waals surface area contributed by atoms with Gasteiger partial charge in [0.2, 0.25) is 0 Å². The van der Waals surface area contributed by atoms with Gasteiger partial charge in [0, 0.05) is 17.7 Å². The molecule has 90 valence electrons. The van der Waals surface area contributed by atoms with Crippen molar-refractivity contribution in [2.45, 2.75) is 18.6 Å². The van der Waals surface area contributed by atoms with Crippen LogP contribution in [0.4, 0.5) is 13.2 Å². The zero-order valence-electron chi connectivity index (χ0n) is 8.26. The SMILES string of the molecule is N[C@@H](CCO)c1cc(C(F)(F)F)ccc1Cl. The van der Waals surface area contributed by atoms with Crippen molar-refractivity contribution in [2.75, 3.05) is 6.61 Å². The third-order valence-corrected chi connectivity index (χ3v) is 2.51. The fourth-order valence-corrected chi connectivity index (χ4v) is 1.56. The van der Waals surface area contributed by atoms with Gasteiger partial charge in [-0.05, 0) is 30.2 Å². The highest BCUT2D eigenvalue weighted by molar-refractivity contribution is 6.31. The predicted octanol–water partition coefficient (Wildman–Crippen LogP) is 2.74. The molecule has 0 aliphatic rings. The quantitative estimate of drug-likeness (QED) is 0.870. The minimum atomic E-state index is -4.42. The van der Waals surface area contributed by atoms with Gasteiger partial charge in [-0.15, -0.1) is 0 Å². The van der Waals surface area contributed by atoms with Gasteiger partial charge in [-0.1, -0.05) is 11.6 Å². The van der Waals surface area contributed by atoms with E-state index < -0.39 is 17.8 Å². The van der Waals surface area contributed by atoms with Crippen molar-refractivity contribution >= 4 is 11.6 Å². The summed E-state index contributed by atoms with van der Waals surface area (Å²) < 4.78 is 37.2. The fourth-order valence-electron chi connectivity index (χ4n) is 1.30. The van der Waals surface area contributed by atoms with Crippen molar-refractivity contribution in [3.8, 4) is 0 Å². The van der Waals surface area contributed by atoms with Gasteiger partial charge in [-0.2, -0.15) is 13.2 Å². The van der Waals surface area contributed by atoms with E-state index in [0.717, 1.165) is 18.2 Å². The lowest BCUT2D eigenvalue weighted by atomic mass is 10.0. The molecular formula is C10H11ClF3NO. The van der Waals surface area contributed by atoms with Crippen molar-refractivity contribution in [2.24, 2.45) is 5.73 Å². The molecule has 3 N–H and O–H groups in total. The highest BCUT2D eigenvalue weighted by Crippen LogP contribution is 2.33. The van der Waals surface area contributed by atoms with Crippen LogP contribution in [0.1, 0.15) is 23.6 Å². The number of nitrogens with two attached hydrogens (primary N) is 1. The van der Waals surface area contributed by atoms with Crippen LogP contribution < -0.4 is 5.73 Å². The molecule has 16 heavy (non-hydrogen) atoms. The van der Waals surface area contributed by atoms with Gasteiger partial charge in [0.15, 0.2) is 0 Å². The first-order chi connectivity index (χ1) is 7.36. The van der Waals surface area contributed by atoms with E-state index in [1.54, 1.807) is 0 Å². The molecule has 0 heterocycles. The van der Waals surface area contributed by atoms with E-state index in [1.807, 2.05) is 0 Å². The second-order valence-corrected chi connectivity index (χ2v) is 3.76. The summed E-state index contributed by atoms with van der Waals surface area (Å²) in [7, 11) is 0. The molecule has 1 aromatic carbocycles. The topological polar surface area (TPSA) is 46.2 Å². The Bertz CT molecular complexity index is 368. The molecule has 0 amide bonds. The number of alkyl halides is 3. The molecule has 1 rings (SSSR count). The highest BCUT2D eigenvalue weighted by atomic mass is 35.5. The summed E-state index contributed by atoms with van der Waals surface area (Å²) in [6, 6.07) is 2.29. The second-order valence-electron chi connectivity index (χ2n) is 3.35. The maximum atomic E-state index is 12.4. The number of halogens is 4. The van der Waals surface area contributed by atoms with E-state index in [4.69, 9.17) is 22.4 Å². The molecule has 0 aromatic heterocycles. The van der Waals surface area contributed by atoms with E-state index in [-0.39, 0.29) is 23.6 Å². The molecule has 0 aliphatic carbocycles. The summed E-state index contributed by atoms with van der Waals surface area (Å²) in [5.74, 6) is 0. The highest BCUT2D eigenvalue weighted by Gasteiger charge is 2.31. The predicted molar refractivity (Wildman–Crippen MR) is 55.1 cm³/mol. The number of hydrogen-bond acceptors (Lipinski definition) is 2. The number of hydrogen-bond donors (Lipinski definition) is 2. The molecule has 0 saturated heterocycles. The minimum Gasteiger partial charge on any atom is -0.396 e. The zero-order chi connectivity index (χ0) is 12.3. The van der Waals surface area contributed by atoms with Crippen molar-refractivity contribution in [1.82, 2.24) is 0 Å². The molecule has 1 aromatic rings. The van der Waals surface area contributed by atoms with Crippen LogP contribution in [0.3, 0.4) is 0 Å². The van der Waals surface area contributed by atoms with Gasteiger partial charge in [0.1, 0.15) is 0 Å². The summed E-state index contributed by atoms with van der Waals surface area (Å²) in [5.41, 5.74) is 5.01. The Morgan fingerprint density at radius 2 is 2.00 bits per heavy atom. The summed E-state index contributed by atoms with van der Waals surface area (Å²) in [6.45, 7) is -0.201. The third kappa shape index (κ3) is 3.10. The minimum absolute atomic E-state index is 0.168. The number of aliphatic hydroxyl groups excluding tert-OH is 1. The van der Waals surface area contributed by atoms with Crippen LogP contribution in [0.15, 0.2) is 18.2 Å². The van der Waals surface area contributed by atoms with Crippen LogP contribution in [0, 0.1) is 0 Å². The van der Waals surface area contributed by atoms with E-state index in [1.165, 1.54) is 0 Å². The molecule has 6 heteroatoms. The van der Waals surface area contributed by atoms with E-state index in [0.29, 0.717) is 0 Å². The standard InChI is InChI=1S/C10H11ClF3NO/c11-8-2-1-6(10(12,13)14)5-7(8)9(15)3-4-16/h1-2,5,9,16H,3-4,15H2/t9-/m0/s1. The summed E-state index contributed by atoms with van der Waals surface area (Å²) >= 11 is 5.75. The Morgan fingerprint density at radius 3 is 2.50 bits per heavy atom. The Kier molecular flexibility index (Phi) is 4.18. The molecular weight excluding hydrogens is 243 g/mol. The lowest BCUT2D eigenvalue weighted by Crippen LogP contribution is -2.14. The number of rotatable bonds is 3. The molecule has 0 bridgehead atoms. The smallest absolute Gasteiger partial charge is 0.396 e. The Hall–Kier alpha value is -0.780. The monoisotopic (exact) mass is 253 g/mol. The summed E-state index contributed by atoms with van der Waals surface area (Å²) in [5, 5.41) is 8.85. The van der Waals surface area contributed by atoms with Crippen molar-refractivity contribution in [3.05, 3.63) is 34.3 Å². The Morgan fingerprint density at radius 1 is 1.38 bits per heavy atom. The number of aliphatic hydroxyl groups is 1. The number of benzene rings is 1. The van der Waals surface area contributed by atoms with Crippen LogP contribution in [0.25, 0.3) is 0 Å². The van der Waals surface area contributed by atoms with Gasteiger partial charge < -0.3 is 10.8 Å². The van der Waals surface area contributed by atoms with E-state index in [9.17, 15) is 13.2 Å². The summed E-state index contributed by atoms with van der Waals surface area (Å²) in [4.78, 5) is 0. The average Bonchev–Trinajstić information content (AvgIpc) is 2.16. The molecule has 2 nitrogen and oxygen atoms in total. The maximum absolute atomic E-state index is 12.4. The molecule has 0 radical (unpaired) electrons. The van der Waals surface area contributed by atoms with Gasteiger partial charge in [0.25, 0.3) is 0 Å². The van der Waals surface area contributed by atoms with Crippen molar-refractivity contribution in [1.29, 1.82) is 0 Å². The van der Waals surface area contributed by atoms with Crippen LogP contribution in [-0.4, -0.2) is 11.7 Å². The van der Waals surface area contributed by atoms with Gasteiger partial charge in [-0.3, -0.25) is 0 Å². The maximum Gasteiger partial charge on any atom is 0.416 e. The summed E-state index contributed by atoms with van der Waals surface area (Å²) in [6.07, 6.45) is -4.25. The fraction of sp³-hybridized carbons (Fsp3) is 0.400. The molecule has 1 atom stereocenters. The molecule has 0 spiro atoms. The second kappa shape index (κ2) is 5.03. The van der Waals surface area contributed by atoms with Crippen LogP contribution in [0.5, 0.6) is 0 Å². The zero-order valence-corrected chi connectivity index (χ0v) is 9.02. The van der Waals surface area contributed by atoms with E-state index >= 15 is 0 Å². The molecule has 0 unspecified atom stereocenters. The van der Waals surface area contributed by atoms with Crippen molar-refractivity contribution in [3.63, 3.8) is 0 Å². The molecule has 0 fully saturated rings. The van der Waals surface area contributed by atoms with E-state index in [2.05, 4.69) is 0 Å². The van der Waals surface area contributed by atoms with Gasteiger partial charge in [0.05, 0.1) is 5.56 Å². The van der Waals surface area contributed by atoms with Crippen molar-refractivity contribution < 1.29 is 18.3 Å². The first-order valence-corrected chi connectivity index (χ1v) is 4.97. The molecule has 0 saturated carbocycles. The third-order valence-electron chi connectivity index (χ3n) is 2.16. The first kappa shape index (κ1) is 13.3. The average molecular weight is 254 g/mol. The molecule has 0 aliphatic heterocycles. The van der Waals surface area contributed by atoms with Crippen LogP contribution >= 0.6 is 11.6 Å².